The number of nitrogens with two attached hydrogens (primary N) is 1. The van der Waals surface area contributed by atoms with Crippen molar-refractivity contribution in [2.24, 2.45) is 0 Å². The highest BCUT2D eigenvalue weighted by atomic mass is 19.1. The lowest BCUT2D eigenvalue weighted by Crippen LogP contribution is -2.17. The van der Waals surface area contributed by atoms with E-state index in [-0.39, 0.29) is 5.82 Å². The second kappa shape index (κ2) is 5.09. The fourth-order valence-corrected chi connectivity index (χ4v) is 2.68. The SMILES string of the molecule is COC(=O)c1cccc(N2CCc3ccc(F)cc32)c1N. The Hall–Kier alpha value is -2.56. The van der Waals surface area contributed by atoms with Crippen molar-refractivity contribution in [1.29, 1.82) is 0 Å². The molecule has 108 valence electrons. The van der Waals surface area contributed by atoms with E-state index in [1.54, 1.807) is 18.2 Å². The molecule has 0 aliphatic carbocycles. The van der Waals surface area contributed by atoms with Crippen molar-refractivity contribution < 1.29 is 13.9 Å². The van der Waals surface area contributed by atoms with E-state index in [4.69, 9.17) is 10.5 Å². The topological polar surface area (TPSA) is 55.6 Å². The van der Waals surface area contributed by atoms with E-state index in [1.807, 2.05) is 11.0 Å². The number of methoxy groups -OCH3 is 1. The number of nitrogen functional groups attached to an aromatic ring is 1. The number of rotatable bonds is 2. The van der Waals surface area contributed by atoms with Crippen LogP contribution in [0.5, 0.6) is 0 Å². The predicted octanol–water partition coefficient (Wildman–Crippen LogP) is 2.89. The van der Waals surface area contributed by atoms with Crippen LogP contribution < -0.4 is 10.6 Å². The maximum atomic E-state index is 13.5. The molecule has 2 N–H and O–H groups in total. The number of hydrogen-bond acceptors (Lipinski definition) is 4. The van der Waals surface area contributed by atoms with Gasteiger partial charge in [-0.2, -0.15) is 0 Å². The largest absolute Gasteiger partial charge is 0.465 e. The number of benzene rings is 2. The number of ether oxygens (including phenoxy) is 1. The van der Waals surface area contributed by atoms with Crippen LogP contribution in [-0.4, -0.2) is 19.6 Å². The third-order valence-corrected chi connectivity index (χ3v) is 3.72. The zero-order valence-corrected chi connectivity index (χ0v) is 11.6. The van der Waals surface area contributed by atoms with Crippen LogP contribution in [0.4, 0.5) is 21.5 Å². The number of nitrogens with zero attached hydrogens (tertiary/aromatic N) is 1. The molecule has 1 heterocycles. The van der Waals surface area contributed by atoms with Crippen molar-refractivity contribution >= 4 is 23.0 Å². The number of fused-ring (bicyclic) bond motifs is 1. The monoisotopic (exact) mass is 286 g/mol. The highest BCUT2D eigenvalue weighted by molar-refractivity contribution is 5.99. The molecule has 0 fully saturated rings. The lowest BCUT2D eigenvalue weighted by molar-refractivity contribution is 0.0602. The summed E-state index contributed by atoms with van der Waals surface area (Å²) in [5.74, 6) is -0.767. The molecule has 0 aromatic heterocycles. The highest BCUT2D eigenvalue weighted by Gasteiger charge is 2.24. The maximum Gasteiger partial charge on any atom is 0.340 e. The average Bonchev–Trinajstić information content (AvgIpc) is 2.89. The van der Waals surface area contributed by atoms with E-state index in [9.17, 15) is 9.18 Å². The molecule has 0 radical (unpaired) electrons. The number of halogens is 1. The number of anilines is 3. The average molecular weight is 286 g/mol. The first-order valence-electron chi connectivity index (χ1n) is 6.64. The Balaban J connectivity index is 2.08. The normalized spacial score (nSPS) is 13.1. The van der Waals surface area contributed by atoms with E-state index >= 15 is 0 Å². The summed E-state index contributed by atoms with van der Waals surface area (Å²) in [5.41, 5.74) is 9.33. The van der Waals surface area contributed by atoms with Crippen LogP contribution in [0.1, 0.15) is 15.9 Å². The Morgan fingerprint density at radius 2 is 2.10 bits per heavy atom. The Labute approximate surface area is 121 Å². The number of esters is 1. The van der Waals surface area contributed by atoms with Gasteiger partial charge >= 0.3 is 5.97 Å². The van der Waals surface area contributed by atoms with E-state index in [2.05, 4.69) is 0 Å². The Morgan fingerprint density at radius 1 is 1.29 bits per heavy atom. The number of carbonyl (C=O) groups is 1. The minimum absolute atomic E-state index is 0.289. The van der Waals surface area contributed by atoms with Crippen LogP contribution in [0.3, 0.4) is 0 Å². The summed E-state index contributed by atoms with van der Waals surface area (Å²) in [6, 6.07) is 9.92. The van der Waals surface area contributed by atoms with Crippen LogP contribution in [0.25, 0.3) is 0 Å². The van der Waals surface area contributed by atoms with E-state index in [0.29, 0.717) is 23.5 Å². The van der Waals surface area contributed by atoms with Crippen LogP contribution in [0.15, 0.2) is 36.4 Å². The van der Waals surface area contributed by atoms with Crippen LogP contribution in [-0.2, 0) is 11.2 Å². The molecule has 21 heavy (non-hydrogen) atoms. The van der Waals surface area contributed by atoms with Gasteiger partial charge in [0.1, 0.15) is 5.82 Å². The van der Waals surface area contributed by atoms with Gasteiger partial charge in [0.2, 0.25) is 0 Å². The van der Waals surface area contributed by atoms with Crippen molar-refractivity contribution in [1.82, 2.24) is 0 Å². The second-order valence-electron chi connectivity index (χ2n) is 4.90. The second-order valence-corrected chi connectivity index (χ2v) is 4.90. The standard InChI is InChI=1S/C16H15FN2O2/c1-21-16(20)12-3-2-4-13(15(12)18)19-8-7-10-5-6-11(17)9-14(10)19/h2-6,9H,7-8,18H2,1H3. The number of para-hydroxylation sites is 1. The molecule has 0 spiro atoms. The summed E-state index contributed by atoms with van der Waals surface area (Å²) < 4.78 is 18.2. The molecule has 0 unspecified atom stereocenters. The summed E-state index contributed by atoms with van der Waals surface area (Å²) in [6.45, 7) is 0.702. The van der Waals surface area contributed by atoms with Crippen molar-refractivity contribution in [2.75, 3.05) is 24.3 Å². The summed E-state index contributed by atoms with van der Waals surface area (Å²) in [5, 5.41) is 0. The van der Waals surface area contributed by atoms with Crippen LogP contribution in [0.2, 0.25) is 0 Å². The third kappa shape index (κ3) is 2.20. The predicted molar refractivity (Wildman–Crippen MR) is 79.3 cm³/mol. The molecule has 3 rings (SSSR count). The van der Waals surface area contributed by atoms with Crippen LogP contribution in [0, 0.1) is 5.82 Å². The molecule has 1 aliphatic rings. The van der Waals surface area contributed by atoms with Gasteiger partial charge in [0.15, 0.2) is 0 Å². The van der Waals surface area contributed by atoms with Gasteiger partial charge in [0, 0.05) is 12.2 Å². The lowest BCUT2D eigenvalue weighted by atomic mass is 10.1. The first kappa shape index (κ1) is 13.4. The van der Waals surface area contributed by atoms with Gasteiger partial charge in [-0.1, -0.05) is 12.1 Å². The maximum absolute atomic E-state index is 13.5. The van der Waals surface area contributed by atoms with E-state index in [1.165, 1.54) is 19.2 Å². The molecule has 2 aromatic carbocycles. The molecule has 2 aromatic rings. The van der Waals surface area contributed by atoms with Crippen molar-refractivity contribution in [3.8, 4) is 0 Å². The van der Waals surface area contributed by atoms with Crippen molar-refractivity contribution in [2.45, 2.75) is 6.42 Å². The lowest BCUT2D eigenvalue weighted by Gasteiger charge is -2.22. The molecular weight excluding hydrogens is 271 g/mol. The van der Waals surface area contributed by atoms with Gasteiger partial charge in [0.05, 0.1) is 24.0 Å². The first-order valence-corrected chi connectivity index (χ1v) is 6.64. The van der Waals surface area contributed by atoms with Gasteiger partial charge < -0.3 is 15.4 Å². The minimum atomic E-state index is -0.479. The van der Waals surface area contributed by atoms with E-state index in [0.717, 1.165) is 17.7 Å². The van der Waals surface area contributed by atoms with Gasteiger partial charge in [-0.15, -0.1) is 0 Å². The summed E-state index contributed by atoms with van der Waals surface area (Å²) in [4.78, 5) is 13.7. The molecule has 0 bridgehead atoms. The zero-order valence-electron chi connectivity index (χ0n) is 11.6. The Kier molecular flexibility index (Phi) is 3.25. The van der Waals surface area contributed by atoms with Crippen molar-refractivity contribution in [3.63, 3.8) is 0 Å². The summed E-state index contributed by atoms with van der Waals surface area (Å²) >= 11 is 0. The quantitative estimate of drug-likeness (QED) is 0.681. The van der Waals surface area contributed by atoms with E-state index < -0.39 is 5.97 Å². The molecule has 0 amide bonds. The molecule has 4 nitrogen and oxygen atoms in total. The molecule has 1 aliphatic heterocycles. The summed E-state index contributed by atoms with van der Waals surface area (Å²) in [6.07, 6.45) is 0.817. The Morgan fingerprint density at radius 3 is 2.86 bits per heavy atom. The summed E-state index contributed by atoms with van der Waals surface area (Å²) in [7, 11) is 1.31. The molecule has 0 saturated heterocycles. The molecule has 5 heteroatoms. The number of carbonyl (C=O) groups excluding carboxylic acids is 1. The third-order valence-electron chi connectivity index (χ3n) is 3.72. The van der Waals surface area contributed by atoms with Gasteiger partial charge in [-0.05, 0) is 36.2 Å². The first-order chi connectivity index (χ1) is 10.1. The van der Waals surface area contributed by atoms with Gasteiger partial charge in [0.25, 0.3) is 0 Å². The minimum Gasteiger partial charge on any atom is -0.465 e. The van der Waals surface area contributed by atoms with Crippen molar-refractivity contribution in [3.05, 3.63) is 53.3 Å². The van der Waals surface area contributed by atoms with Crippen LogP contribution >= 0.6 is 0 Å². The van der Waals surface area contributed by atoms with Gasteiger partial charge in [-0.25, -0.2) is 9.18 Å². The fraction of sp³-hybridized carbons (Fsp3) is 0.188. The number of hydrogen-bond donors (Lipinski definition) is 1. The van der Waals surface area contributed by atoms with Gasteiger partial charge in [-0.3, -0.25) is 0 Å². The highest BCUT2D eigenvalue weighted by Crippen LogP contribution is 2.38. The zero-order chi connectivity index (χ0) is 15.0. The molecular formula is C16H15FN2O2. The molecule has 0 saturated carbocycles. The Bertz CT molecular complexity index is 715. The smallest absolute Gasteiger partial charge is 0.340 e. The fourth-order valence-electron chi connectivity index (χ4n) is 2.68. The molecule has 0 atom stereocenters.